The molecule has 0 atom stereocenters. The molecule has 1 amide bonds. The number of carboxylic acids is 1. The third kappa shape index (κ3) is 4.24. The predicted molar refractivity (Wildman–Crippen MR) is 66.8 cm³/mol. The fourth-order valence-electron chi connectivity index (χ4n) is 1.45. The molecule has 5 nitrogen and oxygen atoms in total. The maximum absolute atomic E-state index is 13.5. The monoisotopic (exact) mass is 269 g/mol. The zero-order valence-electron chi connectivity index (χ0n) is 10.9. The van der Waals surface area contributed by atoms with E-state index in [4.69, 9.17) is 9.84 Å². The Labute approximate surface area is 110 Å². The van der Waals surface area contributed by atoms with Gasteiger partial charge in [-0.15, -0.1) is 0 Å². The highest BCUT2D eigenvalue weighted by atomic mass is 19.1. The van der Waals surface area contributed by atoms with Crippen LogP contribution in [0.25, 0.3) is 0 Å². The molecule has 0 bridgehead atoms. The summed E-state index contributed by atoms with van der Waals surface area (Å²) >= 11 is 0. The van der Waals surface area contributed by atoms with Crippen molar-refractivity contribution in [2.24, 2.45) is 0 Å². The van der Waals surface area contributed by atoms with Gasteiger partial charge in [0, 0.05) is 20.5 Å². The molecule has 1 N–H and O–H groups in total. The molecular weight excluding hydrogens is 253 g/mol. The lowest BCUT2D eigenvalue weighted by atomic mass is 10.2. The molecule has 1 aromatic carbocycles. The summed E-state index contributed by atoms with van der Waals surface area (Å²) in [6.07, 6.45) is 0.661. The van der Waals surface area contributed by atoms with Crippen LogP contribution in [-0.4, -0.2) is 42.6 Å². The van der Waals surface area contributed by atoms with E-state index < -0.39 is 11.8 Å². The second kappa shape index (κ2) is 6.72. The van der Waals surface area contributed by atoms with Gasteiger partial charge in [0.05, 0.1) is 6.61 Å². The highest BCUT2D eigenvalue weighted by Crippen LogP contribution is 2.22. The summed E-state index contributed by atoms with van der Waals surface area (Å²) in [4.78, 5) is 23.6. The van der Waals surface area contributed by atoms with Crippen molar-refractivity contribution in [3.05, 3.63) is 29.6 Å². The van der Waals surface area contributed by atoms with Crippen LogP contribution in [0.2, 0.25) is 0 Å². The van der Waals surface area contributed by atoms with Gasteiger partial charge in [0.25, 0.3) is 0 Å². The number of benzene rings is 1. The lowest BCUT2D eigenvalue weighted by Crippen LogP contribution is -2.21. The first-order valence-electron chi connectivity index (χ1n) is 5.78. The standard InChI is InChI=1S/C13H16FNO4/c1-15(2)11(16)7-4-8-19-12-9(13(17)18)5-3-6-10(12)14/h3,5-6H,4,7-8H2,1-2H3,(H,17,18). The number of hydrogen-bond acceptors (Lipinski definition) is 3. The molecule has 0 saturated carbocycles. The summed E-state index contributed by atoms with van der Waals surface area (Å²) in [5.41, 5.74) is -0.223. The molecule has 0 spiro atoms. The maximum atomic E-state index is 13.5. The predicted octanol–water partition coefficient (Wildman–Crippen LogP) is 1.77. The average molecular weight is 269 g/mol. The van der Waals surface area contributed by atoms with Crippen molar-refractivity contribution in [2.45, 2.75) is 12.8 Å². The smallest absolute Gasteiger partial charge is 0.339 e. The van der Waals surface area contributed by atoms with Crippen LogP contribution in [0.5, 0.6) is 5.75 Å². The quantitative estimate of drug-likeness (QED) is 0.799. The van der Waals surface area contributed by atoms with Gasteiger partial charge in [-0.05, 0) is 18.6 Å². The van der Waals surface area contributed by atoms with Crippen LogP contribution in [0, 0.1) is 5.82 Å². The van der Waals surface area contributed by atoms with E-state index in [1.54, 1.807) is 14.1 Å². The first-order valence-corrected chi connectivity index (χ1v) is 5.78. The molecule has 19 heavy (non-hydrogen) atoms. The minimum absolute atomic E-state index is 0.0596. The molecule has 6 heteroatoms. The van der Waals surface area contributed by atoms with E-state index in [0.29, 0.717) is 6.42 Å². The van der Waals surface area contributed by atoms with Crippen molar-refractivity contribution >= 4 is 11.9 Å². The Kier molecular flexibility index (Phi) is 5.29. The van der Waals surface area contributed by atoms with Crippen LogP contribution in [0.1, 0.15) is 23.2 Å². The van der Waals surface area contributed by atoms with Crippen LogP contribution in [-0.2, 0) is 4.79 Å². The van der Waals surface area contributed by atoms with Gasteiger partial charge in [-0.2, -0.15) is 0 Å². The summed E-state index contributed by atoms with van der Waals surface area (Å²) in [5.74, 6) is -2.32. The Morgan fingerprint density at radius 1 is 1.37 bits per heavy atom. The van der Waals surface area contributed by atoms with E-state index in [-0.39, 0.29) is 30.2 Å². The average Bonchev–Trinajstić information content (AvgIpc) is 2.35. The topological polar surface area (TPSA) is 66.8 Å². The van der Waals surface area contributed by atoms with E-state index in [1.165, 1.54) is 17.0 Å². The van der Waals surface area contributed by atoms with Crippen molar-refractivity contribution in [1.29, 1.82) is 0 Å². The number of nitrogens with zero attached hydrogens (tertiary/aromatic N) is 1. The number of aromatic carboxylic acids is 1. The van der Waals surface area contributed by atoms with Crippen LogP contribution >= 0.6 is 0 Å². The number of amides is 1. The Morgan fingerprint density at radius 3 is 2.63 bits per heavy atom. The fourth-order valence-corrected chi connectivity index (χ4v) is 1.45. The van der Waals surface area contributed by atoms with Crippen LogP contribution in [0.4, 0.5) is 4.39 Å². The Balaban J connectivity index is 2.58. The molecule has 0 aliphatic heterocycles. The van der Waals surface area contributed by atoms with Crippen molar-refractivity contribution in [1.82, 2.24) is 4.90 Å². The first-order chi connectivity index (χ1) is 8.93. The third-order valence-electron chi connectivity index (χ3n) is 2.48. The van der Waals surface area contributed by atoms with Gasteiger partial charge < -0.3 is 14.7 Å². The minimum Gasteiger partial charge on any atom is -0.490 e. The molecule has 104 valence electrons. The molecule has 0 radical (unpaired) electrons. The molecule has 0 saturated heterocycles. The molecule has 0 aliphatic rings. The Bertz CT molecular complexity index is 474. The van der Waals surface area contributed by atoms with Gasteiger partial charge in [0.1, 0.15) is 5.56 Å². The summed E-state index contributed by atoms with van der Waals surface area (Å²) in [7, 11) is 3.28. The van der Waals surface area contributed by atoms with E-state index in [1.807, 2.05) is 0 Å². The largest absolute Gasteiger partial charge is 0.490 e. The molecule has 0 aromatic heterocycles. The third-order valence-corrected chi connectivity index (χ3v) is 2.48. The molecule has 0 unspecified atom stereocenters. The van der Waals surface area contributed by atoms with Gasteiger partial charge in [-0.1, -0.05) is 6.07 Å². The van der Waals surface area contributed by atoms with Crippen LogP contribution in [0.3, 0.4) is 0 Å². The van der Waals surface area contributed by atoms with Crippen molar-refractivity contribution in [2.75, 3.05) is 20.7 Å². The summed E-state index contributed by atoms with van der Waals surface area (Å²) in [5, 5.41) is 8.90. The lowest BCUT2D eigenvalue weighted by Gasteiger charge is -2.12. The number of carbonyl (C=O) groups is 2. The van der Waals surface area contributed by atoms with E-state index in [0.717, 1.165) is 6.07 Å². The highest BCUT2D eigenvalue weighted by molar-refractivity contribution is 5.90. The number of carboxylic acid groups (broad SMARTS) is 1. The Morgan fingerprint density at radius 2 is 2.05 bits per heavy atom. The van der Waals surface area contributed by atoms with E-state index in [2.05, 4.69) is 0 Å². The number of carbonyl (C=O) groups excluding carboxylic acids is 1. The van der Waals surface area contributed by atoms with Gasteiger partial charge in [0.2, 0.25) is 5.91 Å². The zero-order valence-corrected chi connectivity index (χ0v) is 10.9. The number of ether oxygens (including phenoxy) is 1. The maximum Gasteiger partial charge on any atom is 0.339 e. The number of halogens is 1. The fraction of sp³-hybridized carbons (Fsp3) is 0.385. The Hall–Kier alpha value is -2.11. The summed E-state index contributed by atoms with van der Waals surface area (Å²) in [6.45, 7) is 0.0841. The van der Waals surface area contributed by atoms with E-state index >= 15 is 0 Å². The van der Waals surface area contributed by atoms with Crippen molar-refractivity contribution in [3.8, 4) is 5.75 Å². The lowest BCUT2D eigenvalue weighted by molar-refractivity contribution is -0.128. The number of para-hydroxylation sites is 1. The van der Waals surface area contributed by atoms with Crippen molar-refractivity contribution in [3.63, 3.8) is 0 Å². The molecule has 1 rings (SSSR count). The highest BCUT2D eigenvalue weighted by Gasteiger charge is 2.15. The normalized spacial score (nSPS) is 10.1. The second-order valence-electron chi connectivity index (χ2n) is 4.16. The summed E-state index contributed by atoms with van der Waals surface area (Å²) in [6, 6.07) is 3.71. The molecule has 0 heterocycles. The first kappa shape index (κ1) is 14.9. The van der Waals surface area contributed by atoms with E-state index in [9.17, 15) is 14.0 Å². The molecule has 1 aromatic rings. The van der Waals surface area contributed by atoms with Gasteiger partial charge in [-0.25, -0.2) is 9.18 Å². The van der Waals surface area contributed by atoms with Crippen LogP contribution in [0.15, 0.2) is 18.2 Å². The van der Waals surface area contributed by atoms with Gasteiger partial charge >= 0.3 is 5.97 Å². The van der Waals surface area contributed by atoms with Crippen molar-refractivity contribution < 1.29 is 23.8 Å². The summed E-state index contributed by atoms with van der Waals surface area (Å²) < 4.78 is 18.6. The SMILES string of the molecule is CN(C)C(=O)CCCOc1c(F)cccc1C(=O)O. The number of hydrogen-bond donors (Lipinski definition) is 1. The number of rotatable bonds is 6. The van der Waals surface area contributed by atoms with Gasteiger partial charge in [0.15, 0.2) is 11.6 Å². The molecule has 0 aliphatic carbocycles. The van der Waals surface area contributed by atoms with Crippen LogP contribution < -0.4 is 4.74 Å². The molecular formula is C13H16FNO4. The van der Waals surface area contributed by atoms with Gasteiger partial charge in [-0.3, -0.25) is 4.79 Å². The minimum atomic E-state index is -1.25. The zero-order chi connectivity index (χ0) is 14.4. The molecule has 0 fully saturated rings. The second-order valence-corrected chi connectivity index (χ2v) is 4.16.